The molecular formula is C20H32N3O5S+. The number of nitrogens with one attached hydrogen (secondary N) is 2. The van der Waals surface area contributed by atoms with Crippen LogP contribution < -0.4 is 19.7 Å². The topological polar surface area (TPSA) is 89.4 Å². The molecule has 1 aromatic rings. The molecule has 9 heteroatoms. The van der Waals surface area contributed by atoms with Gasteiger partial charge in [0, 0.05) is 19.0 Å². The van der Waals surface area contributed by atoms with Crippen molar-refractivity contribution in [3.63, 3.8) is 0 Å². The summed E-state index contributed by atoms with van der Waals surface area (Å²) in [5.74, 6) is 1.64. The van der Waals surface area contributed by atoms with Crippen LogP contribution in [-0.2, 0) is 14.8 Å². The lowest BCUT2D eigenvalue weighted by Crippen LogP contribution is -3.15. The Morgan fingerprint density at radius 2 is 1.86 bits per heavy atom. The number of fused-ring (bicyclic) bond motifs is 1. The fourth-order valence-electron chi connectivity index (χ4n) is 3.46. The smallest absolute Gasteiger partial charge is 0.275 e. The van der Waals surface area contributed by atoms with Gasteiger partial charge in [-0.05, 0) is 24.5 Å². The first-order valence-electron chi connectivity index (χ1n) is 10.4. The molecule has 0 aromatic heterocycles. The molecule has 8 nitrogen and oxygen atoms in total. The summed E-state index contributed by atoms with van der Waals surface area (Å²) < 4.78 is 38.8. The molecule has 0 spiro atoms. The molecule has 2 aliphatic heterocycles. The number of carbonyl (C=O) groups is 1. The number of hydrogen-bond donors (Lipinski definition) is 2. The molecule has 1 amide bonds. The van der Waals surface area contributed by atoms with E-state index < -0.39 is 10.0 Å². The second-order valence-electron chi connectivity index (χ2n) is 8.02. The van der Waals surface area contributed by atoms with Crippen LogP contribution in [0.15, 0.2) is 23.1 Å². The van der Waals surface area contributed by atoms with Crippen molar-refractivity contribution in [3.8, 4) is 11.5 Å². The number of ether oxygens (including phenoxy) is 2. The molecule has 2 N–H and O–H groups in total. The van der Waals surface area contributed by atoms with E-state index in [4.69, 9.17) is 9.47 Å². The molecule has 3 rings (SSSR count). The van der Waals surface area contributed by atoms with E-state index in [1.54, 1.807) is 18.2 Å². The first kappa shape index (κ1) is 21.9. The van der Waals surface area contributed by atoms with Crippen LogP contribution in [0.5, 0.6) is 11.5 Å². The van der Waals surface area contributed by atoms with Crippen molar-refractivity contribution in [3.05, 3.63) is 18.2 Å². The van der Waals surface area contributed by atoms with E-state index in [1.807, 2.05) is 0 Å². The second-order valence-corrected chi connectivity index (χ2v) is 9.96. The lowest BCUT2D eigenvalue weighted by Gasteiger charge is -2.31. The number of carbonyl (C=O) groups excluding carboxylic acids is 1. The van der Waals surface area contributed by atoms with E-state index in [-0.39, 0.29) is 10.8 Å². The minimum Gasteiger partial charge on any atom is -0.490 e. The summed E-state index contributed by atoms with van der Waals surface area (Å²) in [5.41, 5.74) is 0. The molecule has 1 aromatic carbocycles. The predicted octanol–water partition coefficient (Wildman–Crippen LogP) is -0.101. The Morgan fingerprint density at radius 3 is 2.55 bits per heavy atom. The van der Waals surface area contributed by atoms with Crippen LogP contribution in [-0.4, -0.2) is 71.1 Å². The number of nitrogens with zero attached hydrogens (tertiary/aromatic N) is 1. The van der Waals surface area contributed by atoms with Gasteiger partial charge in [-0.15, -0.1) is 0 Å². The van der Waals surface area contributed by atoms with E-state index in [0.29, 0.717) is 69.9 Å². The van der Waals surface area contributed by atoms with Crippen molar-refractivity contribution in [2.24, 2.45) is 5.92 Å². The third-order valence-corrected chi connectivity index (χ3v) is 7.14. The van der Waals surface area contributed by atoms with Gasteiger partial charge in [0.2, 0.25) is 10.0 Å². The first-order valence-corrected chi connectivity index (χ1v) is 11.8. The Balaban J connectivity index is 1.54. The molecule has 0 saturated carbocycles. The maximum atomic E-state index is 13.0. The molecule has 0 bridgehead atoms. The van der Waals surface area contributed by atoms with Crippen LogP contribution in [0, 0.1) is 5.92 Å². The summed E-state index contributed by atoms with van der Waals surface area (Å²) in [4.78, 5) is 13.4. The van der Waals surface area contributed by atoms with E-state index in [9.17, 15) is 13.2 Å². The first-order chi connectivity index (χ1) is 13.9. The van der Waals surface area contributed by atoms with Gasteiger partial charge in [0.15, 0.2) is 18.0 Å². The van der Waals surface area contributed by atoms with Crippen LogP contribution in [0.4, 0.5) is 0 Å². The summed E-state index contributed by atoms with van der Waals surface area (Å²) in [7, 11) is -3.60. The average molecular weight is 427 g/mol. The Kier molecular flexibility index (Phi) is 7.37. The van der Waals surface area contributed by atoms with Gasteiger partial charge in [0.05, 0.1) is 44.3 Å². The maximum absolute atomic E-state index is 13.0. The van der Waals surface area contributed by atoms with Crippen molar-refractivity contribution in [2.75, 3.05) is 52.5 Å². The number of piperazine rings is 1. The van der Waals surface area contributed by atoms with Crippen molar-refractivity contribution in [2.45, 2.75) is 31.6 Å². The van der Waals surface area contributed by atoms with Crippen molar-refractivity contribution >= 4 is 15.9 Å². The van der Waals surface area contributed by atoms with Crippen molar-refractivity contribution in [1.29, 1.82) is 0 Å². The third kappa shape index (κ3) is 5.83. The largest absolute Gasteiger partial charge is 0.490 e. The molecule has 0 radical (unpaired) electrons. The van der Waals surface area contributed by atoms with Gasteiger partial charge < -0.3 is 19.7 Å². The Morgan fingerprint density at radius 1 is 1.17 bits per heavy atom. The fraction of sp³-hybridized carbons (Fsp3) is 0.650. The average Bonchev–Trinajstić information content (AvgIpc) is 2.93. The highest BCUT2D eigenvalue weighted by molar-refractivity contribution is 7.89. The SMILES string of the molecule is CC(C)CCNC(=O)C[NH+]1CCN(S(=O)(=O)c2ccc3c(c2)OCCCO3)CC1. The molecule has 162 valence electrons. The lowest BCUT2D eigenvalue weighted by atomic mass is 10.1. The highest BCUT2D eigenvalue weighted by atomic mass is 32.2. The molecule has 1 saturated heterocycles. The monoisotopic (exact) mass is 426 g/mol. The second kappa shape index (κ2) is 9.77. The molecule has 2 heterocycles. The predicted molar refractivity (Wildman–Crippen MR) is 109 cm³/mol. The normalized spacial score (nSPS) is 18.4. The summed E-state index contributed by atoms with van der Waals surface area (Å²) >= 11 is 0. The summed E-state index contributed by atoms with van der Waals surface area (Å²) in [5, 5.41) is 2.95. The highest BCUT2D eigenvalue weighted by Gasteiger charge is 2.32. The molecule has 1 fully saturated rings. The van der Waals surface area contributed by atoms with Crippen LogP contribution in [0.25, 0.3) is 0 Å². The van der Waals surface area contributed by atoms with Gasteiger partial charge in [0.25, 0.3) is 5.91 Å². The van der Waals surface area contributed by atoms with Gasteiger partial charge in [0.1, 0.15) is 0 Å². The van der Waals surface area contributed by atoms with Crippen LogP contribution >= 0.6 is 0 Å². The number of hydrogen-bond acceptors (Lipinski definition) is 5. The summed E-state index contributed by atoms with van der Waals surface area (Å²) in [6.07, 6.45) is 1.73. The lowest BCUT2D eigenvalue weighted by molar-refractivity contribution is -0.895. The number of sulfonamides is 1. The summed E-state index contributed by atoms with van der Waals surface area (Å²) in [6, 6.07) is 4.79. The van der Waals surface area contributed by atoms with Crippen LogP contribution in [0.1, 0.15) is 26.7 Å². The van der Waals surface area contributed by atoms with Crippen molar-refractivity contribution < 1.29 is 27.6 Å². The zero-order valence-corrected chi connectivity index (χ0v) is 18.1. The van der Waals surface area contributed by atoms with Gasteiger partial charge in [-0.25, -0.2) is 8.42 Å². The van der Waals surface area contributed by atoms with E-state index in [0.717, 1.165) is 17.7 Å². The zero-order valence-electron chi connectivity index (χ0n) is 17.3. The summed E-state index contributed by atoms with van der Waals surface area (Å²) in [6.45, 7) is 8.41. The third-order valence-electron chi connectivity index (χ3n) is 5.24. The molecule has 0 atom stereocenters. The Bertz CT molecular complexity index is 804. The van der Waals surface area contributed by atoms with Gasteiger partial charge in [-0.1, -0.05) is 13.8 Å². The number of amides is 1. The van der Waals surface area contributed by atoms with Gasteiger partial charge in [-0.3, -0.25) is 4.79 Å². The zero-order chi connectivity index (χ0) is 20.9. The number of rotatable bonds is 7. The van der Waals surface area contributed by atoms with Crippen LogP contribution in [0.2, 0.25) is 0 Å². The molecule has 0 aliphatic carbocycles. The number of benzene rings is 1. The van der Waals surface area contributed by atoms with Gasteiger partial charge >= 0.3 is 0 Å². The fourth-order valence-corrected chi connectivity index (χ4v) is 4.92. The minimum absolute atomic E-state index is 0.0276. The quantitative estimate of drug-likeness (QED) is 0.636. The molecular weight excluding hydrogens is 394 g/mol. The number of quaternary nitrogens is 1. The highest BCUT2D eigenvalue weighted by Crippen LogP contribution is 2.32. The Hall–Kier alpha value is -1.84. The Labute approximate surface area is 173 Å². The van der Waals surface area contributed by atoms with E-state index in [2.05, 4.69) is 19.2 Å². The molecule has 0 unspecified atom stereocenters. The minimum atomic E-state index is -3.60. The molecule has 2 aliphatic rings. The molecule has 29 heavy (non-hydrogen) atoms. The van der Waals surface area contributed by atoms with E-state index in [1.165, 1.54) is 4.31 Å². The van der Waals surface area contributed by atoms with Crippen LogP contribution in [0.3, 0.4) is 0 Å². The van der Waals surface area contributed by atoms with Gasteiger partial charge in [-0.2, -0.15) is 4.31 Å². The van der Waals surface area contributed by atoms with Crippen molar-refractivity contribution in [1.82, 2.24) is 9.62 Å². The maximum Gasteiger partial charge on any atom is 0.275 e. The van der Waals surface area contributed by atoms with E-state index >= 15 is 0 Å². The standard InChI is InChI=1S/C20H31N3O5S/c1-16(2)6-7-21-20(24)15-22-8-10-23(11-9-22)29(25,26)17-4-5-18-19(14-17)28-13-3-12-27-18/h4-5,14,16H,3,6-13,15H2,1-2H3,(H,21,24)/p+1.